The molecule has 0 aliphatic heterocycles. The van der Waals surface area contributed by atoms with E-state index in [9.17, 15) is 4.79 Å². The Morgan fingerprint density at radius 3 is 2.53 bits per heavy atom. The second-order valence-corrected chi connectivity index (χ2v) is 4.19. The SMILES string of the molecule is N#Cc1ccc(NOC(=O)C2CCCC2)cc1. The van der Waals surface area contributed by atoms with Crippen LogP contribution in [0.1, 0.15) is 31.2 Å². The Balaban J connectivity index is 1.84. The molecular weight excluding hydrogens is 216 g/mol. The molecule has 1 aromatic carbocycles. The van der Waals surface area contributed by atoms with Crippen molar-refractivity contribution in [3.8, 4) is 6.07 Å². The van der Waals surface area contributed by atoms with Crippen LogP contribution in [0.3, 0.4) is 0 Å². The highest BCUT2D eigenvalue weighted by Gasteiger charge is 2.24. The fraction of sp³-hybridized carbons (Fsp3) is 0.385. The molecule has 1 aliphatic carbocycles. The molecule has 4 heteroatoms. The van der Waals surface area contributed by atoms with Crippen LogP contribution in [0.4, 0.5) is 5.69 Å². The molecular formula is C13H14N2O2. The van der Waals surface area contributed by atoms with Crippen LogP contribution in [-0.4, -0.2) is 5.97 Å². The van der Waals surface area contributed by atoms with E-state index in [4.69, 9.17) is 10.1 Å². The monoisotopic (exact) mass is 230 g/mol. The molecule has 1 fully saturated rings. The van der Waals surface area contributed by atoms with E-state index < -0.39 is 0 Å². The van der Waals surface area contributed by atoms with Gasteiger partial charge in [-0.1, -0.05) is 12.8 Å². The third kappa shape index (κ3) is 2.97. The van der Waals surface area contributed by atoms with Crippen molar-refractivity contribution < 1.29 is 9.63 Å². The number of hydrogen-bond acceptors (Lipinski definition) is 4. The molecule has 1 aliphatic rings. The maximum atomic E-state index is 11.6. The van der Waals surface area contributed by atoms with Crippen LogP contribution in [0.15, 0.2) is 24.3 Å². The van der Waals surface area contributed by atoms with Crippen molar-refractivity contribution in [2.75, 3.05) is 5.48 Å². The predicted octanol–water partition coefficient (Wildman–Crippen LogP) is 2.62. The molecule has 0 unspecified atom stereocenters. The summed E-state index contributed by atoms with van der Waals surface area (Å²) in [5.74, 6) is -0.146. The van der Waals surface area contributed by atoms with Crippen molar-refractivity contribution in [3.63, 3.8) is 0 Å². The number of nitrogens with zero attached hydrogens (tertiary/aromatic N) is 1. The molecule has 0 radical (unpaired) electrons. The number of nitriles is 1. The van der Waals surface area contributed by atoms with Crippen molar-refractivity contribution in [2.24, 2.45) is 5.92 Å². The molecule has 1 N–H and O–H groups in total. The van der Waals surface area contributed by atoms with Crippen LogP contribution in [0.25, 0.3) is 0 Å². The number of hydrogen-bond donors (Lipinski definition) is 1. The highest BCUT2D eigenvalue weighted by molar-refractivity contribution is 5.73. The molecule has 2 rings (SSSR count). The lowest BCUT2D eigenvalue weighted by atomic mass is 10.1. The van der Waals surface area contributed by atoms with Crippen LogP contribution in [0.5, 0.6) is 0 Å². The molecule has 88 valence electrons. The van der Waals surface area contributed by atoms with Gasteiger partial charge in [0.05, 0.1) is 23.2 Å². The van der Waals surface area contributed by atoms with Crippen molar-refractivity contribution in [3.05, 3.63) is 29.8 Å². The molecule has 0 saturated heterocycles. The zero-order valence-corrected chi connectivity index (χ0v) is 9.48. The van der Waals surface area contributed by atoms with Gasteiger partial charge >= 0.3 is 5.97 Å². The van der Waals surface area contributed by atoms with Gasteiger partial charge in [-0.05, 0) is 37.1 Å². The Hall–Kier alpha value is -2.02. The van der Waals surface area contributed by atoms with Crippen LogP contribution in [0.2, 0.25) is 0 Å². The van der Waals surface area contributed by atoms with Gasteiger partial charge in [0.15, 0.2) is 0 Å². The zero-order chi connectivity index (χ0) is 12.1. The van der Waals surface area contributed by atoms with Gasteiger partial charge in [0, 0.05) is 0 Å². The lowest BCUT2D eigenvalue weighted by Gasteiger charge is -2.10. The smallest absolute Gasteiger partial charge is 0.335 e. The molecule has 0 spiro atoms. The van der Waals surface area contributed by atoms with E-state index in [2.05, 4.69) is 5.48 Å². The van der Waals surface area contributed by atoms with Crippen LogP contribution < -0.4 is 5.48 Å². The van der Waals surface area contributed by atoms with E-state index in [-0.39, 0.29) is 11.9 Å². The van der Waals surface area contributed by atoms with Gasteiger partial charge in [-0.25, -0.2) is 10.3 Å². The lowest BCUT2D eigenvalue weighted by Crippen LogP contribution is -2.18. The van der Waals surface area contributed by atoms with E-state index in [0.29, 0.717) is 11.3 Å². The summed E-state index contributed by atoms with van der Waals surface area (Å²) in [6.07, 6.45) is 4.06. The summed E-state index contributed by atoms with van der Waals surface area (Å²) in [5, 5.41) is 8.63. The van der Waals surface area contributed by atoms with Crippen molar-refractivity contribution in [1.29, 1.82) is 5.26 Å². The number of anilines is 1. The van der Waals surface area contributed by atoms with Gasteiger partial charge in [0.2, 0.25) is 0 Å². The zero-order valence-electron chi connectivity index (χ0n) is 9.48. The fourth-order valence-corrected chi connectivity index (χ4v) is 1.97. The summed E-state index contributed by atoms with van der Waals surface area (Å²) >= 11 is 0. The van der Waals surface area contributed by atoms with Crippen molar-refractivity contribution in [1.82, 2.24) is 0 Å². The average molecular weight is 230 g/mol. The van der Waals surface area contributed by atoms with E-state index in [0.717, 1.165) is 25.7 Å². The van der Waals surface area contributed by atoms with Gasteiger partial charge in [0.25, 0.3) is 0 Å². The Labute approximate surface area is 100 Å². The summed E-state index contributed by atoms with van der Waals surface area (Å²) < 4.78 is 0. The molecule has 0 heterocycles. The quantitative estimate of drug-likeness (QED) is 0.811. The van der Waals surface area contributed by atoms with Gasteiger partial charge in [-0.15, -0.1) is 0 Å². The predicted molar refractivity (Wildman–Crippen MR) is 62.8 cm³/mol. The first-order valence-corrected chi connectivity index (χ1v) is 5.76. The fourth-order valence-electron chi connectivity index (χ4n) is 1.97. The van der Waals surface area contributed by atoms with E-state index in [1.54, 1.807) is 24.3 Å². The Bertz CT molecular complexity index is 428. The molecule has 1 aromatic rings. The first kappa shape index (κ1) is 11.5. The Kier molecular flexibility index (Phi) is 3.61. The molecule has 1 saturated carbocycles. The highest BCUT2D eigenvalue weighted by atomic mass is 16.7. The molecule has 17 heavy (non-hydrogen) atoms. The van der Waals surface area contributed by atoms with Crippen LogP contribution >= 0.6 is 0 Å². The second-order valence-electron chi connectivity index (χ2n) is 4.19. The van der Waals surface area contributed by atoms with Crippen LogP contribution in [-0.2, 0) is 9.63 Å². The third-order valence-electron chi connectivity index (χ3n) is 2.97. The number of carbonyl (C=O) groups is 1. The maximum absolute atomic E-state index is 11.6. The van der Waals surface area contributed by atoms with Gasteiger partial charge < -0.3 is 4.84 Å². The van der Waals surface area contributed by atoms with Gasteiger partial charge in [0.1, 0.15) is 0 Å². The Morgan fingerprint density at radius 2 is 1.94 bits per heavy atom. The molecule has 0 atom stereocenters. The first-order valence-electron chi connectivity index (χ1n) is 5.76. The number of rotatable bonds is 3. The average Bonchev–Trinajstić information content (AvgIpc) is 2.90. The summed E-state index contributed by atoms with van der Waals surface area (Å²) in [5.41, 5.74) is 3.87. The summed E-state index contributed by atoms with van der Waals surface area (Å²) in [6.45, 7) is 0. The molecule has 0 bridgehead atoms. The molecule has 4 nitrogen and oxygen atoms in total. The largest absolute Gasteiger partial charge is 0.343 e. The molecule has 0 aromatic heterocycles. The van der Waals surface area contributed by atoms with Gasteiger partial charge in [-0.3, -0.25) is 0 Å². The maximum Gasteiger partial charge on any atom is 0.335 e. The summed E-state index contributed by atoms with van der Waals surface area (Å²) in [7, 11) is 0. The summed E-state index contributed by atoms with van der Waals surface area (Å²) in [6, 6.07) is 8.79. The second kappa shape index (κ2) is 5.35. The van der Waals surface area contributed by atoms with Crippen molar-refractivity contribution in [2.45, 2.75) is 25.7 Å². The summed E-state index contributed by atoms with van der Waals surface area (Å²) in [4.78, 5) is 16.6. The Morgan fingerprint density at radius 1 is 1.29 bits per heavy atom. The normalized spacial score (nSPS) is 15.2. The third-order valence-corrected chi connectivity index (χ3v) is 2.97. The number of benzene rings is 1. The first-order chi connectivity index (χ1) is 8.29. The molecule has 0 amide bonds. The van der Waals surface area contributed by atoms with Crippen molar-refractivity contribution >= 4 is 11.7 Å². The minimum absolute atomic E-state index is 0.0425. The standard InChI is InChI=1S/C13H14N2O2/c14-9-10-5-7-12(8-6-10)15-17-13(16)11-3-1-2-4-11/h5-8,11,15H,1-4H2. The van der Waals surface area contributed by atoms with Crippen LogP contribution in [0, 0.1) is 17.2 Å². The lowest BCUT2D eigenvalue weighted by molar-refractivity contribution is -0.145. The van der Waals surface area contributed by atoms with Gasteiger partial charge in [-0.2, -0.15) is 5.26 Å². The van der Waals surface area contributed by atoms with E-state index in [1.165, 1.54) is 0 Å². The van der Waals surface area contributed by atoms with E-state index >= 15 is 0 Å². The highest BCUT2D eigenvalue weighted by Crippen LogP contribution is 2.25. The minimum Gasteiger partial charge on any atom is -0.343 e. The minimum atomic E-state index is -0.188. The van der Waals surface area contributed by atoms with E-state index in [1.807, 2.05) is 6.07 Å². The number of carbonyl (C=O) groups excluding carboxylic acids is 1. The number of nitrogens with one attached hydrogen (secondary N) is 1. The topological polar surface area (TPSA) is 62.1 Å².